The Balaban J connectivity index is 2.19. The summed E-state index contributed by atoms with van der Waals surface area (Å²) in [5.41, 5.74) is 7.84. The summed E-state index contributed by atoms with van der Waals surface area (Å²) in [5, 5.41) is 0. The maximum Gasteiger partial charge on any atom is 0.151 e. The van der Waals surface area contributed by atoms with Gasteiger partial charge in [0.1, 0.15) is 0 Å². The molecule has 5 heteroatoms. The zero-order valence-corrected chi connectivity index (χ0v) is 13.1. The van der Waals surface area contributed by atoms with Gasteiger partial charge in [-0.25, -0.2) is 4.98 Å². The van der Waals surface area contributed by atoms with Gasteiger partial charge in [0.15, 0.2) is 5.82 Å². The van der Waals surface area contributed by atoms with Crippen LogP contribution >= 0.6 is 31.9 Å². The summed E-state index contributed by atoms with van der Waals surface area (Å²) in [7, 11) is 1.98. The third kappa shape index (κ3) is 3.23. The molecular weight excluding hydrogens is 358 g/mol. The highest BCUT2D eigenvalue weighted by Crippen LogP contribution is 2.24. The molecule has 2 N–H and O–H groups in total. The van der Waals surface area contributed by atoms with E-state index in [0.29, 0.717) is 5.69 Å². The smallest absolute Gasteiger partial charge is 0.151 e. The number of hydrogen-bond acceptors (Lipinski definition) is 3. The molecule has 0 saturated carbocycles. The van der Waals surface area contributed by atoms with Gasteiger partial charge in [-0.3, -0.25) is 0 Å². The fourth-order valence-corrected chi connectivity index (χ4v) is 2.55. The van der Waals surface area contributed by atoms with Gasteiger partial charge in [-0.05, 0) is 39.7 Å². The van der Waals surface area contributed by atoms with Crippen molar-refractivity contribution in [3.05, 3.63) is 51.0 Å². The largest absolute Gasteiger partial charge is 0.396 e. The Morgan fingerprint density at radius 2 is 2.00 bits per heavy atom. The van der Waals surface area contributed by atoms with Crippen LogP contribution in [-0.2, 0) is 6.54 Å². The van der Waals surface area contributed by atoms with E-state index in [1.807, 2.05) is 30.1 Å². The van der Waals surface area contributed by atoms with Crippen molar-refractivity contribution in [2.75, 3.05) is 17.7 Å². The zero-order chi connectivity index (χ0) is 13.1. The van der Waals surface area contributed by atoms with Crippen LogP contribution in [0.25, 0.3) is 0 Å². The predicted molar refractivity (Wildman–Crippen MR) is 82.6 cm³/mol. The predicted octanol–water partition coefficient (Wildman–Crippen LogP) is 3.83. The molecule has 2 rings (SSSR count). The van der Waals surface area contributed by atoms with Crippen molar-refractivity contribution >= 4 is 43.4 Å². The SMILES string of the molecule is CN(Cc1cccc(Br)c1)c1ncc(Br)cc1N. The van der Waals surface area contributed by atoms with E-state index < -0.39 is 0 Å². The number of pyridine rings is 1. The Morgan fingerprint density at radius 3 is 2.67 bits per heavy atom. The average Bonchev–Trinajstić information content (AvgIpc) is 2.28. The van der Waals surface area contributed by atoms with Crippen molar-refractivity contribution in [2.45, 2.75) is 6.54 Å². The maximum absolute atomic E-state index is 5.96. The molecule has 1 heterocycles. The van der Waals surface area contributed by atoms with Gasteiger partial charge >= 0.3 is 0 Å². The fourth-order valence-electron chi connectivity index (χ4n) is 1.75. The summed E-state index contributed by atoms with van der Waals surface area (Å²) in [6.07, 6.45) is 1.75. The van der Waals surface area contributed by atoms with Crippen molar-refractivity contribution in [2.24, 2.45) is 0 Å². The molecule has 0 radical (unpaired) electrons. The van der Waals surface area contributed by atoms with Crippen molar-refractivity contribution in [1.82, 2.24) is 4.98 Å². The molecule has 0 fully saturated rings. The summed E-state index contributed by atoms with van der Waals surface area (Å²) >= 11 is 6.82. The molecule has 0 amide bonds. The summed E-state index contributed by atoms with van der Waals surface area (Å²) in [5.74, 6) is 0.790. The second-order valence-corrected chi connectivity index (χ2v) is 5.88. The first-order valence-electron chi connectivity index (χ1n) is 5.43. The Morgan fingerprint density at radius 1 is 1.22 bits per heavy atom. The lowest BCUT2D eigenvalue weighted by atomic mass is 10.2. The second-order valence-electron chi connectivity index (χ2n) is 4.05. The molecule has 94 valence electrons. The summed E-state index contributed by atoms with van der Waals surface area (Å²) in [6, 6.07) is 10.1. The molecule has 2 aromatic rings. The van der Waals surface area contributed by atoms with Crippen LogP contribution in [0.3, 0.4) is 0 Å². The van der Waals surface area contributed by atoms with Crippen LogP contribution in [0.5, 0.6) is 0 Å². The highest BCUT2D eigenvalue weighted by molar-refractivity contribution is 9.10. The van der Waals surface area contributed by atoms with Crippen LogP contribution < -0.4 is 10.6 Å². The fraction of sp³-hybridized carbons (Fsp3) is 0.154. The Bertz CT molecular complexity index is 558. The molecular formula is C13H13Br2N3. The minimum absolute atomic E-state index is 0.668. The van der Waals surface area contributed by atoms with E-state index in [1.54, 1.807) is 6.20 Å². The molecule has 0 aliphatic rings. The molecule has 0 spiro atoms. The number of nitrogen functional groups attached to an aromatic ring is 1. The first-order chi connectivity index (χ1) is 8.56. The standard InChI is InChI=1S/C13H13Br2N3/c1-18(8-9-3-2-4-10(14)5-9)13-12(16)6-11(15)7-17-13/h2-7H,8,16H2,1H3. The van der Waals surface area contributed by atoms with E-state index in [4.69, 9.17) is 5.73 Å². The van der Waals surface area contributed by atoms with E-state index in [9.17, 15) is 0 Å². The molecule has 1 aromatic heterocycles. The lowest BCUT2D eigenvalue weighted by Crippen LogP contribution is -2.19. The average molecular weight is 371 g/mol. The van der Waals surface area contributed by atoms with Gasteiger partial charge in [-0.15, -0.1) is 0 Å². The lowest BCUT2D eigenvalue weighted by molar-refractivity contribution is 0.899. The van der Waals surface area contributed by atoms with Gasteiger partial charge in [0.25, 0.3) is 0 Å². The van der Waals surface area contributed by atoms with Crippen LogP contribution in [0, 0.1) is 0 Å². The Hall–Kier alpha value is -1.07. The summed E-state index contributed by atoms with van der Waals surface area (Å²) in [6.45, 7) is 0.762. The molecule has 0 unspecified atom stereocenters. The van der Waals surface area contributed by atoms with Crippen LogP contribution in [0.4, 0.5) is 11.5 Å². The normalized spacial score (nSPS) is 10.4. The van der Waals surface area contributed by atoms with E-state index in [0.717, 1.165) is 21.3 Å². The topological polar surface area (TPSA) is 42.2 Å². The number of nitrogens with zero attached hydrogens (tertiary/aromatic N) is 2. The lowest BCUT2D eigenvalue weighted by Gasteiger charge is -2.20. The first kappa shape index (κ1) is 13.4. The van der Waals surface area contributed by atoms with Gasteiger partial charge in [-0.2, -0.15) is 0 Å². The molecule has 18 heavy (non-hydrogen) atoms. The number of aromatic nitrogens is 1. The Kier molecular flexibility index (Phi) is 4.24. The summed E-state index contributed by atoms with van der Waals surface area (Å²) < 4.78 is 1.96. The number of anilines is 2. The summed E-state index contributed by atoms with van der Waals surface area (Å²) in [4.78, 5) is 6.37. The van der Waals surface area contributed by atoms with Crippen molar-refractivity contribution in [3.63, 3.8) is 0 Å². The van der Waals surface area contributed by atoms with E-state index in [2.05, 4.69) is 49.0 Å². The van der Waals surface area contributed by atoms with Crippen LogP contribution in [0.2, 0.25) is 0 Å². The molecule has 1 aromatic carbocycles. The van der Waals surface area contributed by atoms with Gasteiger partial charge in [0.2, 0.25) is 0 Å². The molecule has 0 atom stereocenters. The zero-order valence-electron chi connectivity index (χ0n) is 9.90. The number of rotatable bonds is 3. The third-order valence-electron chi connectivity index (χ3n) is 2.53. The van der Waals surface area contributed by atoms with Gasteiger partial charge < -0.3 is 10.6 Å². The van der Waals surface area contributed by atoms with Gasteiger partial charge in [-0.1, -0.05) is 28.1 Å². The number of nitrogens with two attached hydrogens (primary N) is 1. The highest BCUT2D eigenvalue weighted by Gasteiger charge is 2.08. The maximum atomic E-state index is 5.96. The molecule has 0 bridgehead atoms. The van der Waals surface area contributed by atoms with Crippen molar-refractivity contribution < 1.29 is 0 Å². The highest BCUT2D eigenvalue weighted by atomic mass is 79.9. The van der Waals surface area contributed by atoms with Crippen molar-refractivity contribution in [3.8, 4) is 0 Å². The Labute approximate surface area is 123 Å². The minimum atomic E-state index is 0.668. The number of hydrogen-bond donors (Lipinski definition) is 1. The first-order valence-corrected chi connectivity index (χ1v) is 7.01. The van der Waals surface area contributed by atoms with E-state index in [-0.39, 0.29) is 0 Å². The molecule has 0 saturated heterocycles. The van der Waals surface area contributed by atoms with Crippen LogP contribution in [-0.4, -0.2) is 12.0 Å². The quantitative estimate of drug-likeness (QED) is 0.892. The molecule has 0 aliphatic heterocycles. The van der Waals surface area contributed by atoms with E-state index >= 15 is 0 Å². The van der Waals surface area contributed by atoms with Crippen LogP contribution in [0.15, 0.2) is 45.5 Å². The second kappa shape index (κ2) is 5.71. The minimum Gasteiger partial charge on any atom is -0.396 e. The van der Waals surface area contributed by atoms with E-state index in [1.165, 1.54) is 5.56 Å². The van der Waals surface area contributed by atoms with Crippen molar-refractivity contribution in [1.29, 1.82) is 0 Å². The van der Waals surface area contributed by atoms with Gasteiger partial charge in [0.05, 0.1) is 5.69 Å². The number of benzene rings is 1. The molecule has 0 aliphatic carbocycles. The third-order valence-corrected chi connectivity index (χ3v) is 3.46. The monoisotopic (exact) mass is 369 g/mol. The van der Waals surface area contributed by atoms with Crippen LogP contribution in [0.1, 0.15) is 5.56 Å². The number of halogens is 2. The molecule has 3 nitrogen and oxygen atoms in total. The van der Waals surface area contributed by atoms with Gasteiger partial charge in [0, 0.05) is 28.7 Å².